The van der Waals surface area contributed by atoms with Crippen molar-refractivity contribution in [1.29, 1.82) is 0 Å². The van der Waals surface area contributed by atoms with Gasteiger partial charge in [0.1, 0.15) is 12.5 Å². The molecule has 0 spiro atoms. The Morgan fingerprint density at radius 2 is 1.60 bits per heavy atom. The van der Waals surface area contributed by atoms with Crippen LogP contribution in [0.15, 0.2) is 42.5 Å². The average Bonchev–Trinajstić information content (AvgIpc) is 3.25. The van der Waals surface area contributed by atoms with Crippen molar-refractivity contribution in [2.45, 2.75) is 103 Å². The number of hydrogen-bond acceptors (Lipinski definition) is 5. The molecule has 9 heteroatoms. The molecule has 0 aromatic heterocycles. The molecule has 2 saturated carbocycles. The largest absolute Gasteiger partial charge is 1.00 e. The molecule has 0 radical (unpaired) electrons. The van der Waals surface area contributed by atoms with E-state index in [9.17, 15) is 0 Å². The minimum atomic E-state index is -1.11. The van der Waals surface area contributed by atoms with E-state index in [0.717, 1.165) is 18.6 Å². The molecule has 1 aromatic rings. The van der Waals surface area contributed by atoms with E-state index in [1.54, 1.807) is 20.3 Å². The molecule has 0 amide bonds. The van der Waals surface area contributed by atoms with Crippen LogP contribution in [0.5, 0.6) is 5.75 Å². The summed E-state index contributed by atoms with van der Waals surface area (Å²) in [7, 11) is 1.15. The minimum Gasteiger partial charge on any atom is -0.668 e. The number of aliphatic hydroxyl groups is 1. The van der Waals surface area contributed by atoms with E-state index in [4.69, 9.17) is 28.7 Å². The summed E-state index contributed by atoms with van der Waals surface area (Å²) in [4.78, 5) is 0. The van der Waals surface area contributed by atoms with Crippen LogP contribution < -0.4 is 23.6 Å². The first-order chi connectivity index (χ1) is 19.8. The van der Waals surface area contributed by atoms with Crippen molar-refractivity contribution in [2.75, 3.05) is 34.4 Å². The number of fused-ring (bicyclic) bond motifs is 5. The number of rotatable bonds is 12. The molecule has 0 bridgehead atoms. The van der Waals surface area contributed by atoms with E-state index in [0.29, 0.717) is 36.6 Å². The number of benzene rings is 1. The summed E-state index contributed by atoms with van der Waals surface area (Å²) < 4.78 is 27.1. The van der Waals surface area contributed by atoms with Crippen molar-refractivity contribution >= 4 is 16.5 Å². The molecule has 3 aliphatic carbocycles. The molecule has 238 valence electrons. The van der Waals surface area contributed by atoms with Gasteiger partial charge in [0.15, 0.2) is 6.79 Å². The van der Waals surface area contributed by atoms with Crippen LogP contribution in [-0.4, -0.2) is 62.1 Å². The van der Waals surface area contributed by atoms with E-state index < -0.39 is 16.5 Å². The van der Waals surface area contributed by atoms with Crippen LogP contribution in [0.4, 0.5) is 0 Å². The number of aliphatic hydroxyl groups excluding tert-OH is 1. The Hall–Kier alpha value is -0.669. The number of methoxy groups -OCH3 is 2. The zero-order chi connectivity index (χ0) is 31.0. The number of hydrogen-bond donors (Lipinski definition) is 1. The summed E-state index contributed by atoms with van der Waals surface area (Å²) in [6, 6.07) is 6.68. The van der Waals surface area contributed by atoms with Crippen LogP contribution in [0.25, 0.3) is 4.65 Å². The quantitative estimate of drug-likeness (QED) is 0.187. The van der Waals surface area contributed by atoms with E-state index in [-0.39, 0.29) is 37.7 Å². The fraction of sp³-hybridized carbons (Fsp3) is 0.706. The molecular weight excluding hydrogens is 565 g/mol. The van der Waals surface area contributed by atoms with Crippen molar-refractivity contribution < 1.29 is 42.9 Å². The number of ether oxygens (including phenoxy) is 4. The molecule has 43 heavy (non-hydrogen) atoms. The van der Waals surface area contributed by atoms with Gasteiger partial charge in [0.2, 0.25) is 0 Å². The SMILES string of the molecule is COCOc1ccc2c(c1)[C@H](CC=CC=CCO)C[C@@H]1[C@@H]2CC[C@]2(C)[C@@H](OCOC)CC[C@@H]12.C[Si](C)(C)[N-][Si](C)(C)C.[Li+]. The van der Waals surface area contributed by atoms with Crippen LogP contribution in [0.3, 0.4) is 0 Å². The summed E-state index contributed by atoms with van der Waals surface area (Å²) in [5.41, 5.74) is 3.20. The molecule has 0 heterocycles. The van der Waals surface area contributed by atoms with Crippen molar-refractivity contribution in [2.24, 2.45) is 17.3 Å². The normalized spacial score (nSPS) is 28.5. The Morgan fingerprint density at radius 1 is 0.930 bits per heavy atom. The third-order valence-corrected chi connectivity index (χ3v) is 14.5. The maximum Gasteiger partial charge on any atom is 1.00 e. The van der Waals surface area contributed by atoms with Gasteiger partial charge in [-0.05, 0) is 90.9 Å². The first-order valence-corrected chi connectivity index (χ1v) is 22.7. The topological polar surface area (TPSA) is 71.2 Å². The molecule has 0 saturated heterocycles. The first-order valence-electron chi connectivity index (χ1n) is 15.9. The molecule has 0 aliphatic heterocycles. The van der Waals surface area contributed by atoms with Gasteiger partial charge in [0.05, 0.1) is 12.7 Å². The molecule has 1 N–H and O–H groups in total. The second-order valence-electron chi connectivity index (χ2n) is 14.6. The van der Waals surface area contributed by atoms with Gasteiger partial charge >= 0.3 is 18.9 Å². The van der Waals surface area contributed by atoms with Crippen LogP contribution >= 0.6 is 0 Å². The third-order valence-electron chi connectivity index (χ3n) is 9.11. The van der Waals surface area contributed by atoms with Gasteiger partial charge in [0, 0.05) is 14.2 Å². The predicted molar refractivity (Wildman–Crippen MR) is 179 cm³/mol. The summed E-state index contributed by atoms with van der Waals surface area (Å²) in [6.07, 6.45) is 15.3. The van der Waals surface area contributed by atoms with Gasteiger partial charge in [0.25, 0.3) is 0 Å². The Kier molecular flexibility index (Phi) is 15.5. The molecule has 6 nitrogen and oxygen atoms in total. The van der Waals surface area contributed by atoms with Gasteiger partial charge in [-0.2, -0.15) is 0 Å². The van der Waals surface area contributed by atoms with Crippen molar-refractivity contribution in [3.8, 4) is 5.75 Å². The maximum atomic E-state index is 9.00. The van der Waals surface area contributed by atoms with Gasteiger partial charge in [-0.3, -0.25) is 0 Å². The Labute approximate surface area is 276 Å². The van der Waals surface area contributed by atoms with Gasteiger partial charge in [-0.15, -0.1) is 0 Å². The second kappa shape index (κ2) is 17.3. The van der Waals surface area contributed by atoms with Crippen LogP contribution in [0.2, 0.25) is 39.3 Å². The average molecular weight is 624 g/mol. The van der Waals surface area contributed by atoms with Gasteiger partial charge in [-0.25, -0.2) is 0 Å². The van der Waals surface area contributed by atoms with Gasteiger partial charge < -0.3 is 28.7 Å². The van der Waals surface area contributed by atoms with E-state index >= 15 is 0 Å². The third kappa shape index (κ3) is 11.0. The molecule has 3 aliphatic rings. The molecule has 6 atom stereocenters. The summed E-state index contributed by atoms with van der Waals surface area (Å²) >= 11 is 0. The fourth-order valence-electron chi connectivity index (χ4n) is 7.98. The first kappa shape index (κ1) is 38.5. The molecule has 4 rings (SSSR count). The standard InChI is InChI=1S/C28H40O5.C6H18NSi2.Li/c1-28-14-13-23-22-10-9-21(32-18-30-2)17-24(22)20(8-6-4-5-7-15-29)16-25(23)26(28)11-12-27(28)33-19-31-3;1-8(2,3)7-9(4,5)6;/h4-7,9-10,17,20,23,25-27,29H,8,11-16,18-19H2,1-3H3;1-6H3;/q;-1;+1/t20-,23-,25-,26+,27+,28+;;/m1../s1. The zero-order valence-corrected chi connectivity index (χ0v) is 30.8. The van der Waals surface area contributed by atoms with Gasteiger partial charge in [-0.1, -0.05) is 93.0 Å². The summed E-state index contributed by atoms with van der Waals surface area (Å²) in [5.74, 6) is 3.34. The van der Waals surface area contributed by atoms with E-state index in [1.165, 1.54) is 36.8 Å². The second-order valence-corrected chi connectivity index (χ2v) is 24.1. The van der Waals surface area contributed by atoms with Crippen molar-refractivity contribution in [1.82, 2.24) is 0 Å². The summed E-state index contributed by atoms with van der Waals surface area (Å²) in [5, 5.41) is 9.00. The summed E-state index contributed by atoms with van der Waals surface area (Å²) in [6.45, 7) is 17.0. The van der Waals surface area contributed by atoms with Crippen molar-refractivity contribution in [3.05, 3.63) is 58.3 Å². The van der Waals surface area contributed by atoms with Crippen LogP contribution in [-0.2, 0) is 14.2 Å². The monoisotopic (exact) mass is 623 g/mol. The Bertz CT molecular complexity index is 1030. The smallest absolute Gasteiger partial charge is 0.668 e. The van der Waals surface area contributed by atoms with E-state index in [2.05, 4.69) is 76.6 Å². The van der Waals surface area contributed by atoms with Crippen LogP contribution in [0.1, 0.15) is 68.4 Å². The Morgan fingerprint density at radius 3 is 2.21 bits per heavy atom. The van der Waals surface area contributed by atoms with Crippen LogP contribution in [0, 0.1) is 17.3 Å². The molecule has 1 aromatic carbocycles. The fourth-order valence-corrected chi connectivity index (χ4v) is 16.0. The molecule has 2 fully saturated rings. The minimum absolute atomic E-state index is 0. The van der Waals surface area contributed by atoms with E-state index in [1.807, 2.05) is 6.08 Å². The molecule has 0 unspecified atom stereocenters. The Balaban J connectivity index is 0.000000563. The maximum absolute atomic E-state index is 9.00. The predicted octanol–water partition coefficient (Wildman–Crippen LogP) is 5.58. The molecular formula is C34H58LiNO5Si2. The van der Waals surface area contributed by atoms with Crippen molar-refractivity contribution in [3.63, 3.8) is 0 Å². The number of allylic oxidation sites excluding steroid dienone is 3. The number of nitrogens with zero attached hydrogens (tertiary/aromatic N) is 1. The zero-order valence-electron chi connectivity index (χ0n) is 28.8.